The molecule has 0 saturated carbocycles. The van der Waals surface area contributed by atoms with Gasteiger partial charge in [0.1, 0.15) is 5.82 Å². The van der Waals surface area contributed by atoms with E-state index in [1.807, 2.05) is 4.90 Å². The van der Waals surface area contributed by atoms with Crippen LogP contribution in [0.3, 0.4) is 0 Å². The second-order valence-corrected chi connectivity index (χ2v) is 5.87. The van der Waals surface area contributed by atoms with Gasteiger partial charge in [0, 0.05) is 39.8 Å². The third-order valence-electron chi connectivity index (χ3n) is 4.17. The summed E-state index contributed by atoms with van der Waals surface area (Å²) in [4.78, 5) is 14.1. The fourth-order valence-electron chi connectivity index (χ4n) is 2.93. The van der Waals surface area contributed by atoms with E-state index in [0.29, 0.717) is 25.6 Å². The Kier molecular flexibility index (Phi) is 6.80. The van der Waals surface area contributed by atoms with Crippen molar-refractivity contribution >= 4 is 6.03 Å². The first kappa shape index (κ1) is 17.7. The molecule has 128 valence electrons. The zero-order chi connectivity index (χ0) is 16.7. The quantitative estimate of drug-likeness (QED) is 0.875. The normalized spacial score (nSPS) is 19.4. The number of ether oxygens (including phenoxy) is 2. The zero-order valence-electron chi connectivity index (χ0n) is 13.8. The molecule has 1 aromatic carbocycles. The number of hydrogen-bond acceptors (Lipinski definition) is 3. The molecule has 1 aliphatic heterocycles. The van der Waals surface area contributed by atoms with Crippen LogP contribution < -0.4 is 5.32 Å². The Balaban J connectivity index is 1.85. The number of amides is 2. The number of rotatable bonds is 6. The van der Waals surface area contributed by atoms with Gasteiger partial charge in [-0.05, 0) is 30.5 Å². The minimum atomic E-state index is -0.292. The molecule has 1 saturated heterocycles. The van der Waals surface area contributed by atoms with Crippen LogP contribution >= 0.6 is 0 Å². The summed E-state index contributed by atoms with van der Waals surface area (Å²) in [5.41, 5.74) is 0.838. The third-order valence-corrected chi connectivity index (χ3v) is 4.17. The fourth-order valence-corrected chi connectivity index (χ4v) is 2.93. The largest absolute Gasteiger partial charge is 0.384 e. The molecule has 0 radical (unpaired) electrons. The van der Waals surface area contributed by atoms with E-state index in [1.165, 1.54) is 12.1 Å². The summed E-state index contributed by atoms with van der Waals surface area (Å²) in [5.74, 6) is 0.111. The van der Waals surface area contributed by atoms with Gasteiger partial charge in [-0.1, -0.05) is 12.1 Å². The van der Waals surface area contributed by atoms with E-state index in [-0.39, 0.29) is 18.0 Å². The number of likely N-dealkylation sites (tertiary alicyclic amines) is 1. The second kappa shape index (κ2) is 8.84. The summed E-state index contributed by atoms with van der Waals surface area (Å²) in [6.07, 6.45) is 1.79. The lowest BCUT2D eigenvalue weighted by atomic mass is 9.99. The standard InChI is InChI=1S/C17H25FN2O3/c1-22-12-13-4-3-9-20(11-13)17(21)19-10-16(23-2)14-5-7-15(18)8-6-14/h5-8,13,16H,3-4,9-12H2,1-2H3,(H,19,21)/t13-,16+/m1/s1. The predicted molar refractivity (Wildman–Crippen MR) is 85.7 cm³/mol. The Labute approximate surface area is 136 Å². The average Bonchev–Trinajstić information content (AvgIpc) is 2.57. The Hall–Kier alpha value is -1.66. The first-order valence-electron chi connectivity index (χ1n) is 7.94. The molecular weight excluding hydrogens is 299 g/mol. The molecule has 0 bridgehead atoms. The van der Waals surface area contributed by atoms with E-state index in [2.05, 4.69) is 5.32 Å². The van der Waals surface area contributed by atoms with Gasteiger partial charge < -0.3 is 19.7 Å². The van der Waals surface area contributed by atoms with Crippen molar-refractivity contribution in [2.24, 2.45) is 5.92 Å². The minimum absolute atomic E-state index is 0.0880. The predicted octanol–water partition coefficient (Wildman–Crippen LogP) is 2.58. The molecule has 0 unspecified atom stereocenters. The molecule has 2 rings (SSSR count). The lowest BCUT2D eigenvalue weighted by molar-refractivity contribution is 0.0895. The van der Waals surface area contributed by atoms with Crippen molar-refractivity contribution in [2.45, 2.75) is 18.9 Å². The molecule has 2 amide bonds. The maximum absolute atomic E-state index is 13.0. The molecule has 0 aromatic heterocycles. The van der Waals surface area contributed by atoms with Crippen molar-refractivity contribution in [3.05, 3.63) is 35.6 Å². The van der Waals surface area contributed by atoms with E-state index in [0.717, 1.165) is 24.9 Å². The highest BCUT2D eigenvalue weighted by molar-refractivity contribution is 5.74. The van der Waals surface area contributed by atoms with Gasteiger partial charge >= 0.3 is 6.03 Å². The first-order chi connectivity index (χ1) is 11.1. The number of hydrogen-bond donors (Lipinski definition) is 1. The Bertz CT molecular complexity index is 493. The van der Waals surface area contributed by atoms with E-state index in [9.17, 15) is 9.18 Å². The summed E-state index contributed by atoms with van der Waals surface area (Å²) in [6.45, 7) is 2.51. The monoisotopic (exact) mass is 324 g/mol. The van der Waals surface area contributed by atoms with Crippen molar-refractivity contribution < 1.29 is 18.7 Å². The fraction of sp³-hybridized carbons (Fsp3) is 0.588. The number of carbonyl (C=O) groups excluding carboxylic acids is 1. The zero-order valence-corrected chi connectivity index (χ0v) is 13.8. The number of benzene rings is 1. The summed E-state index contributed by atoms with van der Waals surface area (Å²) in [5, 5.41) is 2.91. The van der Waals surface area contributed by atoms with E-state index >= 15 is 0 Å². The van der Waals surface area contributed by atoms with E-state index in [1.54, 1.807) is 26.4 Å². The van der Waals surface area contributed by atoms with E-state index in [4.69, 9.17) is 9.47 Å². The molecule has 1 aromatic rings. The van der Waals surface area contributed by atoms with Crippen LogP contribution in [0.2, 0.25) is 0 Å². The molecule has 0 spiro atoms. The maximum atomic E-state index is 13.0. The van der Waals surface area contributed by atoms with E-state index < -0.39 is 0 Å². The molecule has 1 N–H and O–H groups in total. The van der Waals surface area contributed by atoms with Crippen LogP contribution in [0.5, 0.6) is 0 Å². The minimum Gasteiger partial charge on any atom is -0.384 e. The van der Waals surface area contributed by atoms with Crippen molar-refractivity contribution in [3.63, 3.8) is 0 Å². The topological polar surface area (TPSA) is 50.8 Å². The molecule has 1 fully saturated rings. The molecule has 0 aliphatic carbocycles. The summed E-state index contributed by atoms with van der Waals surface area (Å²) in [6, 6.07) is 6.04. The number of methoxy groups -OCH3 is 2. The molecule has 6 heteroatoms. The highest BCUT2D eigenvalue weighted by Crippen LogP contribution is 2.18. The molecular formula is C17H25FN2O3. The van der Waals surface area contributed by atoms with Gasteiger partial charge in [-0.15, -0.1) is 0 Å². The smallest absolute Gasteiger partial charge is 0.317 e. The van der Waals surface area contributed by atoms with Crippen LogP contribution in [0, 0.1) is 11.7 Å². The van der Waals surface area contributed by atoms with Crippen LogP contribution in [0.25, 0.3) is 0 Å². The van der Waals surface area contributed by atoms with Gasteiger partial charge in [0.05, 0.1) is 12.7 Å². The Morgan fingerprint density at radius 1 is 1.39 bits per heavy atom. The average molecular weight is 324 g/mol. The number of nitrogens with one attached hydrogen (secondary N) is 1. The third kappa shape index (κ3) is 5.18. The summed E-state index contributed by atoms with van der Waals surface area (Å²) < 4.78 is 23.6. The van der Waals surface area contributed by atoms with Gasteiger partial charge in [-0.3, -0.25) is 0 Å². The van der Waals surface area contributed by atoms with Crippen molar-refractivity contribution in [1.29, 1.82) is 0 Å². The number of halogens is 1. The number of urea groups is 1. The van der Waals surface area contributed by atoms with Gasteiger partial charge in [-0.2, -0.15) is 0 Å². The maximum Gasteiger partial charge on any atom is 0.317 e. The first-order valence-corrected chi connectivity index (χ1v) is 7.94. The second-order valence-electron chi connectivity index (χ2n) is 5.87. The number of nitrogens with zero attached hydrogens (tertiary/aromatic N) is 1. The lowest BCUT2D eigenvalue weighted by Gasteiger charge is -2.32. The molecule has 5 nitrogen and oxygen atoms in total. The van der Waals surface area contributed by atoms with Crippen molar-refractivity contribution in [3.8, 4) is 0 Å². The van der Waals surface area contributed by atoms with Crippen LogP contribution in [-0.4, -0.2) is 51.4 Å². The number of carbonyl (C=O) groups is 1. The SMILES string of the molecule is COC[C@@H]1CCCN(C(=O)NC[C@H](OC)c2ccc(F)cc2)C1. The van der Waals surface area contributed by atoms with Gasteiger partial charge in [-0.25, -0.2) is 9.18 Å². The highest BCUT2D eigenvalue weighted by atomic mass is 19.1. The van der Waals surface area contributed by atoms with Crippen molar-refractivity contribution in [2.75, 3.05) is 40.5 Å². The highest BCUT2D eigenvalue weighted by Gasteiger charge is 2.24. The number of piperidine rings is 1. The molecule has 2 atom stereocenters. The lowest BCUT2D eigenvalue weighted by Crippen LogP contribution is -2.47. The van der Waals surface area contributed by atoms with Gasteiger partial charge in [0.15, 0.2) is 0 Å². The summed E-state index contributed by atoms with van der Waals surface area (Å²) >= 11 is 0. The van der Waals surface area contributed by atoms with Gasteiger partial charge in [0.25, 0.3) is 0 Å². The molecule has 1 aliphatic rings. The Morgan fingerprint density at radius 3 is 2.78 bits per heavy atom. The van der Waals surface area contributed by atoms with Crippen LogP contribution in [0.4, 0.5) is 9.18 Å². The summed E-state index contributed by atoms with van der Waals surface area (Å²) in [7, 11) is 3.26. The van der Waals surface area contributed by atoms with Crippen molar-refractivity contribution in [1.82, 2.24) is 10.2 Å². The van der Waals surface area contributed by atoms with Gasteiger partial charge in [0.2, 0.25) is 0 Å². The van der Waals surface area contributed by atoms with Crippen LogP contribution in [-0.2, 0) is 9.47 Å². The molecule has 1 heterocycles. The van der Waals surface area contributed by atoms with Crippen LogP contribution in [0.15, 0.2) is 24.3 Å². The molecule has 23 heavy (non-hydrogen) atoms. The Morgan fingerprint density at radius 2 is 2.13 bits per heavy atom. The van der Waals surface area contributed by atoms with Crippen LogP contribution in [0.1, 0.15) is 24.5 Å².